The normalized spacial score (nSPS) is 18.6. The average molecular weight is 116 g/mol. The maximum atomic E-state index is 10.5. The summed E-state index contributed by atoms with van der Waals surface area (Å²) in [4.78, 5) is 19.2. The molecule has 1 aliphatic rings. The standard InChI is InChI=1S/C5H8O3/c1-2-4(6)3-5-7-8-5/h5H,2-3H2,1H3. The van der Waals surface area contributed by atoms with Crippen LogP contribution in [-0.4, -0.2) is 12.1 Å². The van der Waals surface area contributed by atoms with E-state index in [2.05, 4.69) is 9.78 Å². The predicted octanol–water partition coefficient (Wildman–Crippen LogP) is 0.643. The first-order valence-electron chi connectivity index (χ1n) is 2.66. The van der Waals surface area contributed by atoms with Crippen LogP contribution in [0.4, 0.5) is 0 Å². The Morgan fingerprint density at radius 2 is 2.25 bits per heavy atom. The van der Waals surface area contributed by atoms with E-state index in [1.165, 1.54) is 0 Å². The van der Waals surface area contributed by atoms with E-state index in [-0.39, 0.29) is 12.1 Å². The van der Waals surface area contributed by atoms with Crippen molar-refractivity contribution in [2.24, 2.45) is 0 Å². The molecule has 0 unspecified atom stereocenters. The third kappa shape index (κ3) is 1.60. The molecule has 1 saturated heterocycles. The first kappa shape index (κ1) is 5.72. The van der Waals surface area contributed by atoms with Crippen molar-refractivity contribution in [1.29, 1.82) is 0 Å². The number of hydrogen-bond donors (Lipinski definition) is 0. The molecular formula is C5H8O3. The molecule has 1 fully saturated rings. The highest BCUT2D eigenvalue weighted by molar-refractivity contribution is 5.78. The first-order valence-corrected chi connectivity index (χ1v) is 2.66. The Kier molecular flexibility index (Phi) is 1.60. The lowest BCUT2D eigenvalue weighted by molar-refractivity contribution is -0.119. The SMILES string of the molecule is CCC(=O)CC1OO1. The molecule has 1 rings (SSSR count). The molecule has 0 aromatic heterocycles. The molecule has 0 bridgehead atoms. The van der Waals surface area contributed by atoms with Crippen LogP contribution in [-0.2, 0) is 14.6 Å². The number of rotatable bonds is 3. The molecule has 0 atom stereocenters. The maximum absolute atomic E-state index is 10.5. The summed E-state index contributed by atoms with van der Waals surface area (Å²) < 4.78 is 0. The monoisotopic (exact) mass is 116 g/mol. The van der Waals surface area contributed by atoms with Crippen LogP contribution in [0.25, 0.3) is 0 Å². The second-order valence-electron chi connectivity index (χ2n) is 1.72. The molecule has 0 aromatic rings. The summed E-state index contributed by atoms with van der Waals surface area (Å²) in [5.74, 6) is 0.188. The molecule has 1 aliphatic heterocycles. The highest BCUT2D eigenvalue weighted by Gasteiger charge is 2.27. The van der Waals surface area contributed by atoms with Crippen molar-refractivity contribution in [3.05, 3.63) is 0 Å². The Morgan fingerprint density at radius 3 is 2.62 bits per heavy atom. The van der Waals surface area contributed by atoms with Gasteiger partial charge in [0.25, 0.3) is 0 Å². The van der Waals surface area contributed by atoms with Gasteiger partial charge in [-0.2, -0.15) is 9.78 Å². The van der Waals surface area contributed by atoms with E-state index >= 15 is 0 Å². The largest absolute Gasteiger partial charge is 0.300 e. The number of carbonyl (C=O) groups excluding carboxylic acids is 1. The molecule has 3 heteroatoms. The van der Waals surface area contributed by atoms with E-state index in [1.807, 2.05) is 6.92 Å². The molecule has 0 aromatic carbocycles. The Labute approximate surface area is 47.5 Å². The zero-order chi connectivity index (χ0) is 5.98. The van der Waals surface area contributed by atoms with Crippen molar-refractivity contribution < 1.29 is 14.6 Å². The van der Waals surface area contributed by atoms with Gasteiger partial charge in [0.1, 0.15) is 5.78 Å². The zero-order valence-corrected chi connectivity index (χ0v) is 4.72. The van der Waals surface area contributed by atoms with Gasteiger partial charge < -0.3 is 0 Å². The van der Waals surface area contributed by atoms with E-state index in [0.717, 1.165) is 0 Å². The average Bonchev–Trinajstić information content (AvgIpc) is 2.50. The van der Waals surface area contributed by atoms with Crippen LogP contribution in [0.1, 0.15) is 19.8 Å². The maximum Gasteiger partial charge on any atom is 0.231 e. The van der Waals surface area contributed by atoms with Gasteiger partial charge in [0.05, 0.1) is 6.42 Å². The molecule has 0 aliphatic carbocycles. The molecular weight excluding hydrogens is 108 g/mol. The molecule has 0 amide bonds. The number of Topliss-reactive ketones (excluding diaryl/α,β-unsaturated/α-hetero) is 1. The smallest absolute Gasteiger partial charge is 0.231 e. The fourth-order valence-corrected chi connectivity index (χ4v) is 0.438. The fraction of sp³-hybridized carbons (Fsp3) is 0.800. The minimum absolute atomic E-state index is 0.188. The van der Waals surface area contributed by atoms with Crippen LogP contribution >= 0.6 is 0 Å². The fourth-order valence-electron chi connectivity index (χ4n) is 0.438. The van der Waals surface area contributed by atoms with Crippen LogP contribution in [0.5, 0.6) is 0 Å². The van der Waals surface area contributed by atoms with Gasteiger partial charge in [0.15, 0.2) is 0 Å². The Balaban J connectivity index is 2.07. The van der Waals surface area contributed by atoms with Gasteiger partial charge in [-0.1, -0.05) is 6.92 Å². The lowest BCUT2D eigenvalue weighted by atomic mass is 10.2. The topological polar surface area (TPSA) is 42.1 Å². The minimum atomic E-state index is -0.220. The van der Waals surface area contributed by atoms with Crippen molar-refractivity contribution in [2.45, 2.75) is 26.1 Å². The molecule has 1 heterocycles. The predicted molar refractivity (Wildman–Crippen MR) is 25.9 cm³/mol. The number of ketones is 1. The third-order valence-corrected chi connectivity index (χ3v) is 1.02. The summed E-state index contributed by atoms with van der Waals surface area (Å²) in [6, 6.07) is 0. The van der Waals surface area contributed by atoms with Crippen LogP contribution < -0.4 is 0 Å². The van der Waals surface area contributed by atoms with E-state index in [0.29, 0.717) is 12.8 Å². The van der Waals surface area contributed by atoms with Gasteiger partial charge in [-0.15, -0.1) is 0 Å². The number of carbonyl (C=O) groups is 1. The summed E-state index contributed by atoms with van der Waals surface area (Å²) in [6.07, 6.45) is 0.766. The lowest BCUT2D eigenvalue weighted by Crippen LogP contribution is -1.98. The summed E-state index contributed by atoms with van der Waals surface area (Å²) in [5.41, 5.74) is 0. The van der Waals surface area contributed by atoms with Crippen molar-refractivity contribution in [2.75, 3.05) is 0 Å². The van der Waals surface area contributed by atoms with Crippen LogP contribution in [0.2, 0.25) is 0 Å². The minimum Gasteiger partial charge on any atom is -0.300 e. The van der Waals surface area contributed by atoms with Crippen molar-refractivity contribution in [1.82, 2.24) is 0 Å². The highest BCUT2D eigenvalue weighted by atomic mass is 17.4. The van der Waals surface area contributed by atoms with E-state index in [4.69, 9.17) is 0 Å². The quantitative estimate of drug-likeness (QED) is 0.401. The molecule has 8 heavy (non-hydrogen) atoms. The van der Waals surface area contributed by atoms with Crippen LogP contribution in [0, 0.1) is 0 Å². The van der Waals surface area contributed by atoms with E-state index < -0.39 is 0 Å². The summed E-state index contributed by atoms with van der Waals surface area (Å²) in [7, 11) is 0. The molecule has 0 saturated carbocycles. The molecule has 0 spiro atoms. The van der Waals surface area contributed by atoms with Crippen molar-refractivity contribution in [3.8, 4) is 0 Å². The highest BCUT2D eigenvalue weighted by Crippen LogP contribution is 2.16. The Bertz CT molecular complexity index is 95.8. The van der Waals surface area contributed by atoms with Gasteiger partial charge in [0.2, 0.25) is 6.29 Å². The van der Waals surface area contributed by atoms with Gasteiger partial charge in [0, 0.05) is 6.42 Å². The van der Waals surface area contributed by atoms with E-state index in [9.17, 15) is 4.79 Å². The second kappa shape index (κ2) is 2.24. The lowest BCUT2D eigenvalue weighted by Gasteiger charge is -1.84. The number of hydrogen-bond acceptors (Lipinski definition) is 3. The molecule has 3 nitrogen and oxygen atoms in total. The molecule has 0 N–H and O–H groups in total. The van der Waals surface area contributed by atoms with Crippen LogP contribution in [0.3, 0.4) is 0 Å². The second-order valence-corrected chi connectivity index (χ2v) is 1.72. The van der Waals surface area contributed by atoms with Crippen LogP contribution in [0.15, 0.2) is 0 Å². The summed E-state index contributed by atoms with van der Waals surface area (Å²) >= 11 is 0. The van der Waals surface area contributed by atoms with E-state index in [1.54, 1.807) is 0 Å². The Hall–Kier alpha value is -0.410. The van der Waals surface area contributed by atoms with Gasteiger partial charge >= 0.3 is 0 Å². The van der Waals surface area contributed by atoms with Gasteiger partial charge in [-0.25, -0.2) is 0 Å². The van der Waals surface area contributed by atoms with Crippen molar-refractivity contribution >= 4 is 5.78 Å². The zero-order valence-electron chi connectivity index (χ0n) is 4.72. The van der Waals surface area contributed by atoms with Gasteiger partial charge in [-0.05, 0) is 0 Å². The van der Waals surface area contributed by atoms with Gasteiger partial charge in [-0.3, -0.25) is 4.79 Å². The Morgan fingerprint density at radius 1 is 1.62 bits per heavy atom. The first-order chi connectivity index (χ1) is 3.83. The third-order valence-electron chi connectivity index (χ3n) is 1.02. The molecule has 0 radical (unpaired) electrons. The molecule has 46 valence electrons. The van der Waals surface area contributed by atoms with Crippen molar-refractivity contribution in [3.63, 3.8) is 0 Å². The summed E-state index contributed by atoms with van der Waals surface area (Å²) in [5, 5.41) is 0. The summed E-state index contributed by atoms with van der Waals surface area (Å²) in [6.45, 7) is 1.82.